The smallest absolute Gasteiger partial charge is 0.407 e. The lowest BCUT2D eigenvalue weighted by Crippen LogP contribution is -2.54. The Morgan fingerprint density at radius 3 is 2.58 bits per heavy atom. The highest BCUT2D eigenvalue weighted by atomic mass is 19.3. The number of esters is 1. The summed E-state index contributed by atoms with van der Waals surface area (Å²) in [6, 6.07) is 2.53. The van der Waals surface area contributed by atoms with Gasteiger partial charge < -0.3 is 14.7 Å². The van der Waals surface area contributed by atoms with Gasteiger partial charge in [0.1, 0.15) is 5.69 Å². The lowest BCUT2D eigenvalue weighted by Gasteiger charge is -2.54. The largest absolute Gasteiger partial charge is 0.465 e. The fourth-order valence-corrected chi connectivity index (χ4v) is 3.86. The van der Waals surface area contributed by atoms with E-state index < -0.39 is 29.4 Å². The van der Waals surface area contributed by atoms with E-state index in [-0.39, 0.29) is 25.1 Å². The number of aromatic nitrogens is 1. The number of carbonyl (C=O) groups is 2. The molecule has 1 aliphatic heterocycles. The van der Waals surface area contributed by atoms with Crippen LogP contribution >= 0.6 is 0 Å². The van der Waals surface area contributed by atoms with E-state index in [0.717, 1.165) is 0 Å². The summed E-state index contributed by atoms with van der Waals surface area (Å²) in [4.78, 5) is 28.2. The number of amides is 1. The van der Waals surface area contributed by atoms with Gasteiger partial charge in [-0.2, -0.15) is 0 Å². The van der Waals surface area contributed by atoms with E-state index in [2.05, 4.69) is 9.72 Å². The second-order valence-electron chi connectivity index (χ2n) is 6.62. The minimum atomic E-state index is -2.65. The van der Waals surface area contributed by atoms with E-state index in [0.29, 0.717) is 18.4 Å². The fourth-order valence-electron chi connectivity index (χ4n) is 3.86. The molecule has 6 nitrogen and oxygen atoms in total. The number of hydrogen-bond donors (Lipinski definition) is 1. The first-order valence-corrected chi connectivity index (χ1v) is 7.67. The predicted molar refractivity (Wildman–Crippen MR) is 78.9 cm³/mol. The quantitative estimate of drug-likeness (QED) is 0.837. The van der Waals surface area contributed by atoms with Crippen molar-refractivity contribution in [3.8, 4) is 0 Å². The lowest BCUT2D eigenvalue weighted by molar-refractivity contribution is -0.183. The standard InChI is InChI=1S/C16H18F2N2O4/c1-24-13(21)11-3-2-10(7-19-11)12-6-15(8-16(17,18)9-15)4-5-20(12)14(22)23/h2-3,7,12H,4-6,8-9H2,1H3,(H,22,23). The van der Waals surface area contributed by atoms with Gasteiger partial charge >= 0.3 is 12.1 Å². The Morgan fingerprint density at radius 2 is 2.08 bits per heavy atom. The molecule has 2 fully saturated rings. The van der Waals surface area contributed by atoms with Gasteiger partial charge in [0.05, 0.1) is 13.2 Å². The first-order valence-electron chi connectivity index (χ1n) is 7.67. The molecule has 1 atom stereocenters. The van der Waals surface area contributed by atoms with Crippen molar-refractivity contribution in [2.45, 2.75) is 37.6 Å². The molecule has 1 amide bonds. The Morgan fingerprint density at radius 1 is 1.38 bits per heavy atom. The Hall–Kier alpha value is -2.25. The predicted octanol–water partition coefficient (Wildman–Crippen LogP) is 3.10. The summed E-state index contributed by atoms with van der Waals surface area (Å²) >= 11 is 0. The summed E-state index contributed by atoms with van der Waals surface area (Å²) in [7, 11) is 1.24. The normalized spacial score (nSPS) is 24.3. The van der Waals surface area contributed by atoms with Crippen molar-refractivity contribution in [1.82, 2.24) is 9.88 Å². The van der Waals surface area contributed by atoms with Crippen molar-refractivity contribution in [1.29, 1.82) is 0 Å². The van der Waals surface area contributed by atoms with Gasteiger partial charge in [-0.3, -0.25) is 0 Å². The zero-order valence-electron chi connectivity index (χ0n) is 13.2. The van der Waals surface area contributed by atoms with E-state index >= 15 is 0 Å². The number of alkyl halides is 2. The van der Waals surface area contributed by atoms with Crippen molar-refractivity contribution < 1.29 is 28.2 Å². The van der Waals surface area contributed by atoms with Crippen LogP contribution < -0.4 is 0 Å². The maximum atomic E-state index is 13.3. The van der Waals surface area contributed by atoms with Crippen LogP contribution in [0.1, 0.15) is 47.8 Å². The number of carboxylic acid groups (broad SMARTS) is 1. The van der Waals surface area contributed by atoms with Crippen LogP contribution in [0.15, 0.2) is 18.3 Å². The second-order valence-corrected chi connectivity index (χ2v) is 6.62. The van der Waals surface area contributed by atoms with Crippen LogP contribution in [0, 0.1) is 5.41 Å². The van der Waals surface area contributed by atoms with Gasteiger partial charge in [0, 0.05) is 25.6 Å². The minimum Gasteiger partial charge on any atom is -0.465 e. The molecule has 0 aromatic carbocycles. The van der Waals surface area contributed by atoms with Gasteiger partial charge in [-0.05, 0) is 29.9 Å². The van der Waals surface area contributed by atoms with Crippen molar-refractivity contribution >= 4 is 12.1 Å². The third-order valence-electron chi connectivity index (χ3n) is 4.96. The molecule has 1 spiro atoms. The Bertz CT molecular complexity index is 655. The number of nitrogens with zero attached hydrogens (tertiary/aromatic N) is 2. The van der Waals surface area contributed by atoms with Gasteiger partial charge in [-0.1, -0.05) is 6.07 Å². The van der Waals surface area contributed by atoms with Crippen molar-refractivity contribution in [3.05, 3.63) is 29.6 Å². The first kappa shape index (κ1) is 16.6. The minimum absolute atomic E-state index is 0.115. The fraction of sp³-hybridized carbons (Fsp3) is 0.562. The number of halogens is 2. The van der Waals surface area contributed by atoms with E-state index in [9.17, 15) is 23.5 Å². The second kappa shape index (κ2) is 5.68. The maximum Gasteiger partial charge on any atom is 0.407 e. The summed E-state index contributed by atoms with van der Waals surface area (Å²) in [5.74, 6) is -3.24. The molecule has 0 radical (unpaired) electrons. The molecule has 130 valence electrons. The highest BCUT2D eigenvalue weighted by Crippen LogP contribution is 2.60. The zero-order valence-corrected chi connectivity index (χ0v) is 13.2. The molecule has 1 aliphatic carbocycles. The summed E-state index contributed by atoms with van der Waals surface area (Å²) in [5.41, 5.74) is 0.199. The average molecular weight is 340 g/mol. The van der Waals surface area contributed by atoms with Crippen LogP contribution in [0.2, 0.25) is 0 Å². The Labute approximate surface area is 137 Å². The average Bonchev–Trinajstić information content (AvgIpc) is 2.52. The highest BCUT2D eigenvalue weighted by molar-refractivity contribution is 5.87. The number of hydrogen-bond acceptors (Lipinski definition) is 4. The molecular weight excluding hydrogens is 322 g/mol. The molecule has 1 saturated carbocycles. The topological polar surface area (TPSA) is 79.7 Å². The summed E-state index contributed by atoms with van der Waals surface area (Å²) in [6.45, 7) is 0.217. The summed E-state index contributed by atoms with van der Waals surface area (Å²) in [6.07, 6.45) is 0.725. The molecule has 1 saturated heterocycles. The molecule has 3 rings (SSSR count). The molecule has 1 aromatic heterocycles. The molecule has 2 heterocycles. The van der Waals surface area contributed by atoms with Crippen LogP contribution in [0.4, 0.5) is 13.6 Å². The number of piperidine rings is 1. The van der Waals surface area contributed by atoms with Gasteiger partial charge in [0.15, 0.2) is 0 Å². The van der Waals surface area contributed by atoms with E-state index in [4.69, 9.17) is 0 Å². The third kappa shape index (κ3) is 2.92. The lowest BCUT2D eigenvalue weighted by atomic mass is 9.59. The molecule has 1 N–H and O–H groups in total. The van der Waals surface area contributed by atoms with Crippen molar-refractivity contribution in [3.63, 3.8) is 0 Å². The summed E-state index contributed by atoms with van der Waals surface area (Å²) in [5, 5.41) is 9.40. The van der Waals surface area contributed by atoms with Crippen LogP contribution in [0.25, 0.3) is 0 Å². The van der Waals surface area contributed by atoms with Crippen LogP contribution in [0.3, 0.4) is 0 Å². The Kier molecular flexibility index (Phi) is 3.93. The Balaban J connectivity index is 1.84. The highest BCUT2D eigenvalue weighted by Gasteiger charge is 2.58. The number of likely N-dealkylation sites (tertiary alicyclic amines) is 1. The van der Waals surface area contributed by atoms with E-state index in [1.807, 2.05) is 0 Å². The van der Waals surface area contributed by atoms with E-state index in [1.165, 1.54) is 24.3 Å². The van der Waals surface area contributed by atoms with Crippen LogP contribution in [-0.4, -0.2) is 46.6 Å². The van der Waals surface area contributed by atoms with Crippen LogP contribution in [-0.2, 0) is 4.74 Å². The number of rotatable bonds is 2. The monoisotopic (exact) mass is 340 g/mol. The van der Waals surface area contributed by atoms with Gasteiger partial charge in [0.2, 0.25) is 5.92 Å². The van der Waals surface area contributed by atoms with Gasteiger partial charge in [-0.15, -0.1) is 0 Å². The van der Waals surface area contributed by atoms with Crippen molar-refractivity contribution in [2.24, 2.45) is 5.41 Å². The number of carbonyl (C=O) groups excluding carboxylic acids is 1. The maximum absolute atomic E-state index is 13.3. The first-order chi connectivity index (χ1) is 11.3. The molecule has 8 heteroatoms. The molecule has 1 aromatic rings. The zero-order chi connectivity index (χ0) is 17.5. The number of methoxy groups -OCH3 is 1. The summed E-state index contributed by atoms with van der Waals surface area (Å²) < 4.78 is 31.3. The van der Waals surface area contributed by atoms with E-state index in [1.54, 1.807) is 6.07 Å². The number of ether oxygens (including phenoxy) is 1. The van der Waals surface area contributed by atoms with Gasteiger partial charge in [-0.25, -0.2) is 23.4 Å². The number of pyridine rings is 1. The molecule has 2 aliphatic rings. The molecular formula is C16H18F2N2O4. The van der Waals surface area contributed by atoms with Gasteiger partial charge in [0.25, 0.3) is 0 Å². The third-order valence-corrected chi connectivity index (χ3v) is 4.96. The molecule has 24 heavy (non-hydrogen) atoms. The van der Waals surface area contributed by atoms with Crippen molar-refractivity contribution in [2.75, 3.05) is 13.7 Å². The molecule has 1 unspecified atom stereocenters. The van der Waals surface area contributed by atoms with Crippen LogP contribution in [0.5, 0.6) is 0 Å². The molecule has 0 bridgehead atoms. The SMILES string of the molecule is COC(=O)c1ccc(C2CC3(CCN2C(=O)O)CC(F)(F)C3)cn1.